The number of aryl methyl sites for hydroxylation is 2. The Labute approximate surface area is 113 Å². The first kappa shape index (κ1) is 12.3. The maximum atomic E-state index is 11.5. The molecule has 0 aliphatic rings. The molecule has 3 rings (SSSR count). The monoisotopic (exact) mass is 271 g/mol. The highest BCUT2D eigenvalue weighted by Crippen LogP contribution is 2.09. The van der Waals surface area contributed by atoms with E-state index in [4.69, 9.17) is 0 Å². The number of nitrogens with one attached hydrogen (secondary N) is 2. The summed E-state index contributed by atoms with van der Waals surface area (Å²) in [7, 11) is 0. The first-order chi connectivity index (χ1) is 9.63. The number of hydrogen-bond donors (Lipinski definition) is 2. The summed E-state index contributed by atoms with van der Waals surface area (Å²) < 4.78 is 1.41. The number of rotatable bonds is 3. The maximum Gasteiger partial charge on any atom is 0.349 e. The average Bonchev–Trinajstić information content (AvgIpc) is 2.80. The summed E-state index contributed by atoms with van der Waals surface area (Å²) in [6, 6.07) is 1.70. The molecule has 3 heterocycles. The minimum absolute atomic E-state index is 0.291. The van der Waals surface area contributed by atoms with Gasteiger partial charge in [0.15, 0.2) is 5.65 Å². The van der Waals surface area contributed by atoms with Gasteiger partial charge in [-0.05, 0) is 13.8 Å². The van der Waals surface area contributed by atoms with Crippen LogP contribution < -0.4 is 11.0 Å². The van der Waals surface area contributed by atoms with Gasteiger partial charge in [0.25, 0.3) is 0 Å². The molecule has 20 heavy (non-hydrogen) atoms. The molecular weight excluding hydrogens is 258 g/mol. The van der Waals surface area contributed by atoms with Gasteiger partial charge in [0.2, 0.25) is 0 Å². The van der Waals surface area contributed by atoms with E-state index in [0.717, 1.165) is 11.4 Å². The summed E-state index contributed by atoms with van der Waals surface area (Å²) in [5, 5.41) is 9.46. The molecule has 8 heteroatoms. The van der Waals surface area contributed by atoms with Crippen LogP contribution in [0, 0.1) is 13.8 Å². The van der Waals surface area contributed by atoms with E-state index in [0.29, 0.717) is 23.8 Å². The van der Waals surface area contributed by atoms with Crippen molar-refractivity contribution in [1.82, 2.24) is 29.5 Å². The van der Waals surface area contributed by atoms with E-state index in [1.165, 1.54) is 4.40 Å². The minimum Gasteiger partial charge on any atom is -0.364 e. The molecule has 0 spiro atoms. The SMILES string of the molecule is Cc1cnc(CNc2cc3n[nH]c(=O)n3c(C)n2)cn1. The first-order valence-corrected chi connectivity index (χ1v) is 6.09. The maximum absolute atomic E-state index is 11.5. The molecule has 0 aliphatic heterocycles. The Kier molecular flexibility index (Phi) is 2.90. The third-order valence-electron chi connectivity index (χ3n) is 2.86. The molecule has 0 amide bonds. The Bertz CT molecular complexity index is 803. The quantitative estimate of drug-likeness (QED) is 0.716. The van der Waals surface area contributed by atoms with Crippen molar-refractivity contribution in [2.24, 2.45) is 0 Å². The number of anilines is 1. The van der Waals surface area contributed by atoms with Gasteiger partial charge in [-0.1, -0.05) is 0 Å². The highest BCUT2D eigenvalue weighted by molar-refractivity contribution is 5.49. The van der Waals surface area contributed by atoms with E-state index < -0.39 is 0 Å². The van der Waals surface area contributed by atoms with Crippen LogP contribution in [0.2, 0.25) is 0 Å². The normalized spacial score (nSPS) is 10.9. The van der Waals surface area contributed by atoms with E-state index in [1.807, 2.05) is 6.92 Å². The summed E-state index contributed by atoms with van der Waals surface area (Å²) in [5.41, 5.74) is 1.93. The van der Waals surface area contributed by atoms with Crippen molar-refractivity contribution in [1.29, 1.82) is 0 Å². The smallest absolute Gasteiger partial charge is 0.349 e. The summed E-state index contributed by atoms with van der Waals surface area (Å²) in [5.74, 6) is 1.20. The molecule has 0 saturated carbocycles. The molecule has 0 aromatic carbocycles. The van der Waals surface area contributed by atoms with Crippen LogP contribution in [0.25, 0.3) is 5.65 Å². The zero-order valence-corrected chi connectivity index (χ0v) is 11.1. The summed E-state index contributed by atoms with van der Waals surface area (Å²) in [4.78, 5) is 24.2. The van der Waals surface area contributed by atoms with E-state index in [1.54, 1.807) is 25.4 Å². The number of H-pyrrole nitrogens is 1. The third-order valence-corrected chi connectivity index (χ3v) is 2.86. The second-order valence-corrected chi connectivity index (χ2v) is 4.41. The minimum atomic E-state index is -0.291. The topological polar surface area (TPSA) is 101 Å². The Hall–Kier alpha value is -2.77. The number of hydrogen-bond acceptors (Lipinski definition) is 6. The lowest BCUT2D eigenvalue weighted by molar-refractivity contribution is 0.923. The van der Waals surface area contributed by atoms with Gasteiger partial charge in [-0.3, -0.25) is 9.97 Å². The second kappa shape index (κ2) is 4.72. The zero-order valence-electron chi connectivity index (χ0n) is 11.1. The molecule has 0 radical (unpaired) electrons. The van der Waals surface area contributed by atoms with Crippen molar-refractivity contribution in [3.8, 4) is 0 Å². The molecule has 2 N–H and O–H groups in total. The number of aromatic amines is 1. The summed E-state index contributed by atoms with van der Waals surface area (Å²) >= 11 is 0. The Balaban J connectivity index is 1.84. The Morgan fingerprint density at radius 3 is 2.90 bits per heavy atom. The van der Waals surface area contributed by atoms with Crippen LogP contribution >= 0.6 is 0 Å². The van der Waals surface area contributed by atoms with Crippen LogP contribution in [-0.2, 0) is 6.54 Å². The average molecular weight is 271 g/mol. The summed E-state index contributed by atoms with van der Waals surface area (Å²) in [6.07, 6.45) is 3.43. The van der Waals surface area contributed by atoms with E-state index >= 15 is 0 Å². The molecule has 8 nitrogen and oxygen atoms in total. The standard InChI is InChI=1S/C12H13N7O/c1-7-4-14-9(5-13-7)6-15-10-3-11-17-18-12(20)19(11)8(2)16-10/h3-5,15H,6H2,1-2H3,(H,18,20). The van der Waals surface area contributed by atoms with Gasteiger partial charge in [-0.25, -0.2) is 19.3 Å². The zero-order chi connectivity index (χ0) is 14.1. The third kappa shape index (κ3) is 2.22. The molecule has 0 aliphatic carbocycles. The van der Waals surface area contributed by atoms with Crippen LogP contribution in [0.3, 0.4) is 0 Å². The van der Waals surface area contributed by atoms with Gasteiger partial charge in [0, 0.05) is 12.3 Å². The van der Waals surface area contributed by atoms with E-state index in [-0.39, 0.29) is 5.69 Å². The van der Waals surface area contributed by atoms with E-state index in [2.05, 4.69) is 30.5 Å². The van der Waals surface area contributed by atoms with Crippen LogP contribution in [0.1, 0.15) is 17.2 Å². The fourth-order valence-corrected chi connectivity index (χ4v) is 1.88. The predicted octanol–water partition coefficient (Wildman–Crippen LogP) is 0.437. The molecule has 102 valence electrons. The van der Waals surface area contributed by atoms with Gasteiger partial charge >= 0.3 is 5.69 Å². The van der Waals surface area contributed by atoms with Gasteiger partial charge in [0.05, 0.1) is 24.1 Å². The van der Waals surface area contributed by atoms with Gasteiger partial charge in [0.1, 0.15) is 11.6 Å². The predicted molar refractivity (Wildman–Crippen MR) is 72.4 cm³/mol. The van der Waals surface area contributed by atoms with Gasteiger partial charge < -0.3 is 5.32 Å². The van der Waals surface area contributed by atoms with Crippen molar-refractivity contribution in [3.05, 3.63) is 46.2 Å². The van der Waals surface area contributed by atoms with Crippen LogP contribution in [0.5, 0.6) is 0 Å². The lowest BCUT2D eigenvalue weighted by Gasteiger charge is -2.06. The fourth-order valence-electron chi connectivity index (χ4n) is 1.88. The molecule has 3 aromatic rings. The van der Waals surface area contributed by atoms with Gasteiger partial charge in [-0.15, -0.1) is 0 Å². The van der Waals surface area contributed by atoms with Crippen molar-refractivity contribution < 1.29 is 0 Å². The van der Waals surface area contributed by atoms with Crippen molar-refractivity contribution >= 4 is 11.5 Å². The van der Waals surface area contributed by atoms with Crippen molar-refractivity contribution in [3.63, 3.8) is 0 Å². The largest absolute Gasteiger partial charge is 0.364 e. The Morgan fingerprint density at radius 2 is 2.15 bits per heavy atom. The van der Waals surface area contributed by atoms with Gasteiger partial charge in [-0.2, -0.15) is 5.10 Å². The van der Waals surface area contributed by atoms with Crippen molar-refractivity contribution in [2.45, 2.75) is 20.4 Å². The Morgan fingerprint density at radius 1 is 1.30 bits per heavy atom. The summed E-state index contributed by atoms with van der Waals surface area (Å²) in [6.45, 7) is 4.14. The number of nitrogens with zero attached hydrogens (tertiary/aromatic N) is 5. The van der Waals surface area contributed by atoms with Crippen LogP contribution in [-0.4, -0.2) is 29.5 Å². The fraction of sp³-hybridized carbons (Fsp3) is 0.250. The second-order valence-electron chi connectivity index (χ2n) is 4.41. The molecule has 0 bridgehead atoms. The lowest BCUT2D eigenvalue weighted by Crippen LogP contribution is -2.14. The molecular formula is C12H13N7O. The first-order valence-electron chi connectivity index (χ1n) is 6.09. The van der Waals surface area contributed by atoms with E-state index in [9.17, 15) is 4.79 Å². The molecule has 0 saturated heterocycles. The molecule has 3 aromatic heterocycles. The number of fused-ring (bicyclic) bond motifs is 1. The van der Waals surface area contributed by atoms with Crippen LogP contribution in [0.15, 0.2) is 23.3 Å². The highest BCUT2D eigenvalue weighted by atomic mass is 16.1. The highest BCUT2D eigenvalue weighted by Gasteiger charge is 2.06. The van der Waals surface area contributed by atoms with Crippen LogP contribution in [0.4, 0.5) is 5.82 Å². The molecule has 0 unspecified atom stereocenters. The molecule has 0 fully saturated rings. The number of aromatic nitrogens is 6. The molecule has 0 atom stereocenters. The lowest BCUT2D eigenvalue weighted by atomic mass is 10.4. The van der Waals surface area contributed by atoms with Crippen molar-refractivity contribution in [2.75, 3.05) is 5.32 Å².